The summed E-state index contributed by atoms with van der Waals surface area (Å²) in [7, 11) is 1.47. The molecular weight excluding hydrogens is 288 g/mol. The van der Waals surface area contributed by atoms with Gasteiger partial charge in [0.25, 0.3) is 5.91 Å². The zero-order chi connectivity index (χ0) is 17.0. The molecule has 2 N–H and O–H groups in total. The fourth-order valence-corrected chi connectivity index (χ4v) is 2.79. The van der Waals surface area contributed by atoms with Gasteiger partial charge in [-0.2, -0.15) is 0 Å². The molecule has 0 aromatic rings. The molecule has 7 nitrogen and oxygen atoms in total. The normalized spacial score (nSPS) is 20.8. The van der Waals surface area contributed by atoms with Crippen molar-refractivity contribution in [1.82, 2.24) is 9.80 Å². The van der Waals surface area contributed by atoms with Crippen LogP contribution in [0.3, 0.4) is 0 Å². The van der Waals surface area contributed by atoms with Crippen molar-refractivity contribution < 1.29 is 24.6 Å². The second-order valence-electron chi connectivity index (χ2n) is 6.30. The Morgan fingerprint density at radius 3 is 2.32 bits per heavy atom. The molecule has 1 fully saturated rings. The lowest BCUT2D eigenvalue weighted by Crippen LogP contribution is -2.53. The number of amides is 2. The van der Waals surface area contributed by atoms with Gasteiger partial charge in [-0.15, -0.1) is 0 Å². The zero-order valence-corrected chi connectivity index (χ0v) is 13.7. The van der Waals surface area contributed by atoms with Crippen molar-refractivity contribution in [2.24, 2.45) is 5.92 Å². The average Bonchev–Trinajstić information content (AvgIpc) is 2.90. The van der Waals surface area contributed by atoms with E-state index in [0.717, 1.165) is 0 Å². The molecule has 1 heterocycles. The van der Waals surface area contributed by atoms with Crippen LogP contribution in [0.4, 0.5) is 0 Å². The minimum absolute atomic E-state index is 0.134. The quantitative estimate of drug-likeness (QED) is 0.735. The van der Waals surface area contributed by atoms with Crippen LogP contribution in [0.1, 0.15) is 40.0 Å². The van der Waals surface area contributed by atoms with Crippen LogP contribution < -0.4 is 0 Å². The van der Waals surface area contributed by atoms with E-state index in [4.69, 9.17) is 0 Å². The Labute approximate surface area is 130 Å². The van der Waals surface area contributed by atoms with E-state index in [1.807, 2.05) is 13.8 Å². The largest absolute Gasteiger partial charge is 0.480 e. The number of carboxylic acids is 1. The Morgan fingerprint density at radius 1 is 1.27 bits per heavy atom. The first-order valence-corrected chi connectivity index (χ1v) is 7.64. The van der Waals surface area contributed by atoms with Gasteiger partial charge in [0.15, 0.2) is 0 Å². The molecule has 1 saturated heterocycles. The number of nitrogens with zero attached hydrogens (tertiary/aromatic N) is 2. The molecule has 1 rings (SSSR count). The van der Waals surface area contributed by atoms with Gasteiger partial charge >= 0.3 is 5.97 Å². The fraction of sp³-hybridized carbons (Fsp3) is 0.800. The number of rotatable bonds is 6. The molecule has 0 aromatic carbocycles. The SMILES string of the molecule is CC(C)CC(C(=O)O)N(C)C(=O)C1CCCN1C(=O)[C@H](C)O. The minimum atomic E-state index is -1.16. The van der Waals surface area contributed by atoms with E-state index in [2.05, 4.69) is 0 Å². The van der Waals surface area contributed by atoms with E-state index in [9.17, 15) is 24.6 Å². The standard InChI is InChI=1S/C15H26N2O5/c1-9(2)8-12(15(21)22)16(4)14(20)11-6-5-7-17(11)13(19)10(3)18/h9-12,18H,5-8H2,1-4H3,(H,21,22)/t10-,11?,12?/m0/s1. The molecule has 2 amide bonds. The van der Waals surface area contributed by atoms with Gasteiger partial charge in [-0.1, -0.05) is 13.8 Å². The fourth-order valence-electron chi connectivity index (χ4n) is 2.79. The number of hydrogen-bond acceptors (Lipinski definition) is 4. The smallest absolute Gasteiger partial charge is 0.326 e. The molecule has 2 unspecified atom stereocenters. The molecule has 0 bridgehead atoms. The summed E-state index contributed by atoms with van der Waals surface area (Å²) in [4.78, 5) is 38.5. The summed E-state index contributed by atoms with van der Waals surface area (Å²) >= 11 is 0. The van der Waals surface area contributed by atoms with Crippen molar-refractivity contribution >= 4 is 17.8 Å². The van der Waals surface area contributed by atoms with Crippen LogP contribution in [0.15, 0.2) is 0 Å². The van der Waals surface area contributed by atoms with E-state index in [1.165, 1.54) is 23.8 Å². The molecule has 0 spiro atoms. The van der Waals surface area contributed by atoms with Gasteiger partial charge in [-0.3, -0.25) is 9.59 Å². The van der Waals surface area contributed by atoms with Crippen LogP contribution >= 0.6 is 0 Å². The van der Waals surface area contributed by atoms with E-state index in [-0.39, 0.29) is 11.8 Å². The van der Waals surface area contributed by atoms with Gasteiger partial charge in [0.2, 0.25) is 5.91 Å². The highest BCUT2D eigenvalue weighted by atomic mass is 16.4. The Balaban J connectivity index is 2.88. The maximum atomic E-state index is 12.6. The van der Waals surface area contributed by atoms with E-state index >= 15 is 0 Å². The third kappa shape index (κ3) is 4.19. The first kappa shape index (κ1) is 18.4. The van der Waals surface area contributed by atoms with Crippen molar-refractivity contribution in [3.8, 4) is 0 Å². The number of aliphatic carboxylic acids is 1. The van der Waals surface area contributed by atoms with Crippen LogP contribution in [0, 0.1) is 5.92 Å². The molecule has 0 aromatic heterocycles. The van der Waals surface area contributed by atoms with Gasteiger partial charge in [0, 0.05) is 13.6 Å². The summed E-state index contributed by atoms with van der Waals surface area (Å²) in [6.07, 6.45) is 0.360. The Morgan fingerprint density at radius 2 is 1.86 bits per heavy atom. The number of aliphatic hydroxyl groups excluding tert-OH is 1. The van der Waals surface area contributed by atoms with Gasteiger partial charge in [-0.05, 0) is 32.1 Å². The molecule has 22 heavy (non-hydrogen) atoms. The van der Waals surface area contributed by atoms with Crippen molar-refractivity contribution in [1.29, 1.82) is 0 Å². The summed E-state index contributed by atoms with van der Waals surface area (Å²) < 4.78 is 0. The summed E-state index contributed by atoms with van der Waals surface area (Å²) in [6.45, 7) is 5.57. The molecule has 1 aliphatic rings. The number of carbonyl (C=O) groups excluding carboxylic acids is 2. The highest BCUT2D eigenvalue weighted by molar-refractivity contribution is 5.91. The second kappa shape index (κ2) is 7.58. The third-order valence-corrected chi connectivity index (χ3v) is 3.97. The third-order valence-electron chi connectivity index (χ3n) is 3.97. The van der Waals surface area contributed by atoms with E-state index in [1.54, 1.807) is 0 Å². The van der Waals surface area contributed by atoms with Crippen LogP contribution in [0.5, 0.6) is 0 Å². The van der Waals surface area contributed by atoms with E-state index < -0.39 is 30.1 Å². The molecule has 0 aliphatic carbocycles. The van der Waals surface area contributed by atoms with Crippen LogP contribution in [0.2, 0.25) is 0 Å². The Bertz CT molecular complexity index is 436. The van der Waals surface area contributed by atoms with Crippen LogP contribution in [-0.2, 0) is 14.4 Å². The zero-order valence-electron chi connectivity index (χ0n) is 13.7. The summed E-state index contributed by atoms with van der Waals surface area (Å²) in [5, 5.41) is 18.8. The molecular formula is C15H26N2O5. The number of hydrogen-bond donors (Lipinski definition) is 2. The Hall–Kier alpha value is -1.63. The number of aliphatic hydroxyl groups is 1. The summed E-state index contributed by atoms with van der Waals surface area (Å²) in [5.74, 6) is -1.77. The number of likely N-dealkylation sites (N-methyl/N-ethyl adjacent to an activating group) is 1. The lowest BCUT2D eigenvalue weighted by atomic mass is 10.0. The maximum Gasteiger partial charge on any atom is 0.326 e. The molecule has 126 valence electrons. The lowest BCUT2D eigenvalue weighted by Gasteiger charge is -2.32. The first-order chi connectivity index (χ1) is 10.2. The molecule has 0 radical (unpaired) electrons. The predicted molar refractivity (Wildman–Crippen MR) is 80.1 cm³/mol. The van der Waals surface area contributed by atoms with Crippen molar-refractivity contribution in [2.75, 3.05) is 13.6 Å². The number of carbonyl (C=O) groups is 3. The van der Waals surface area contributed by atoms with Gasteiger partial charge in [-0.25, -0.2) is 4.79 Å². The molecule has 3 atom stereocenters. The predicted octanol–water partition coefficient (Wildman–Crippen LogP) is 0.316. The van der Waals surface area contributed by atoms with Crippen LogP contribution in [0.25, 0.3) is 0 Å². The Kier molecular flexibility index (Phi) is 6.34. The highest BCUT2D eigenvalue weighted by Crippen LogP contribution is 2.22. The average molecular weight is 314 g/mol. The monoisotopic (exact) mass is 314 g/mol. The van der Waals surface area contributed by atoms with Gasteiger partial charge < -0.3 is 20.0 Å². The van der Waals surface area contributed by atoms with Gasteiger partial charge in [0.1, 0.15) is 18.2 Å². The summed E-state index contributed by atoms with van der Waals surface area (Å²) in [5.41, 5.74) is 0. The highest BCUT2D eigenvalue weighted by Gasteiger charge is 2.39. The topological polar surface area (TPSA) is 98.2 Å². The van der Waals surface area contributed by atoms with Crippen molar-refractivity contribution in [3.05, 3.63) is 0 Å². The van der Waals surface area contributed by atoms with Crippen molar-refractivity contribution in [3.63, 3.8) is 0 Å². The van der Waals surface area contributed by atoms with Crippen LogP contribution in [-0.4, -0.2) is 69.6 Å². The molecule has 1 aliphatic heterocycles. The van der Waals surface area contributed by atoms with Crippen molar-refractivity contribution in [2.45, 2.75) is 58.2 Å². The van der Waals surface area contributed by atoms with Gasteiger partial charge in [0.05, 0.1) is 0 Å². The maximum absolute atomic E-state index is 12.6. The van der Waals surface area contributed by atoms with E-state index in [0.29, 0.717) is 25.8 Å². The molecule has 7 heteroatoms. The first-order valence-electron chi connectivity index (χ1n) is 7.64. The summed E-state index contributed by atoms with van der Waals surface area (Å²) in [6, 6.07) is -1.59. The minimum Gasteiger partial charge on any atom is -0.480 e. The number of likely N-dealkylation sites (tertiary alicyclic amines) is 1. The number of carboxylic acid groups (broad SMARTS) is 1. The second-order valence-corrected chi connectivity index (χ2v) is 6.30. The lowest BCUT2D eigenvalue weighted by molar-refractivity contribution is -0.154. The molecule has 0 saturated carbocycles.